The van der Waals surface area contributed by atoms with Crippen LogP contribution in [0, 0.1) is 46.8 Å². The summed E-state index contributed by atoms with van der Waals surface area (Å²) in [4.78, 5) is 0. The largest absolute Gasteiger partial charge is 0.440 e. The van der Waals surface area contributed by atoms with Crippen LogP contribution in [-0.4, -0.2) is 106 Å². The minimum atomic E-state index is -7.34. The van der Waals surface area contributed by atoms with E-state index in [1.165, 1.54) is 0 Å². The molecule has 3 heterocycles. The molecule has 4 bridgehead atoms. The predicted octanol–water partition coefficient (Wildman–Crippen LogP) is 8.59. The zero-order chi connectivity index (χ0) is 41.1. The van der Waals surface area contributed by atoms with E-state index in [0.29, 0.717) is 12.2 Å². The summed E-state index contributed by atoms with van der Waals surface area (Å²) in [5.41, 5.74) is -22.6. The summed E-state index contributed by atoms with van der Waals surface area (Å²) in [6.45, 7) is -2.08. The predicted molar refractivity (Wildman–Crippen MR) is 124 cm³/mol. The number of halogens is 24. The highest BCUT2D eigenvalue weighted by Gasteiger charge is 3.03. The van der Waals surface area contributed by atoms with Crippen LogP contribution in [0.1, 0.15) is 6.42 Å². The van der Waals surface area contributed by atoms with E-state index < -0.39 is 159 Å². The fourth-order valence-corrected chi connectivity index (χ4v) is 11.5. The number of allylic oxidation sites excluding steroid dienone is 1. The monoisotopic (exact) mass is 840 g/mol. The molecule has 54 heavy (non-hydrogen) atoms. The van der Waals surface area contributed by atoms with E-state index in [2.05, 4.69) is 0 Å². The number of rotatable bonds is 1. The normalized spacial score (nSPS) is 38.4. The fourth-order valence-electron chi connectivity index (χ4n) is 11.5. The molecule has 0 aromatic rings. The maximum atomic E-state index is 15.4. The molecule has 0 aromatic heterocycles. The molecule has 4 aliphatic carbocycles. The van der Waals surface area contributed by atoms with Gasteiger partial charge in [-0.3, -0.25) is 5.01 Å². The van der Waals surface area contributed by atoms with Crippen LogP contribution in [0.4, 0.5) is 105 Å². The van der Waals surface area contributed by atoms with Crippen molar-refractivity contribution in [2.24, 2.45) is 51.9 Å². The highest BCUT2D eigenvalue weighted by molar-refractivity contribution is 5.94. The fraction of sp³-hybridized carbons (Fsp3) is 0.885. The van der Waals surface area contributed by atoms with Gasteiger partial charge in [0.2, 0.25) is 16.8 Å². The Labute approximate surface area is 282 Å². The van der Waals surface area contributed by atoms with Gasteiger partial charge in [0.05, 0.1) is 6.04 Å². The lowest BCUT2D eigenvalue weighted by molar-refractivity contribution is -0.407. The van der Waals surface area contributed by atoms with E-state index in [-0.39, 0.29) is 0 Å². The smallest absolute Gasteiger partial charge is 0.292 e. The van der Waals surface area contributed by atoms with E-state index in [0.717, 1.165) is 0 Å². The number of fused-ring (bicyclic) bond motifs is 16. The van der Waals surface area contributed by atoms with Crippen LogP contribution in [0.15, 0.2) is 17.3 Å². The summed E-state index contributed by atoms with van der Waals surface area (Å²) in [6, 6.07) is -11.1. The van der Waals surface area contributed by atoms with Crippen molar-refractivity contribution < 1.29 is 105 Å². The van der Waals surface area contributed by atoms with Gasteiger partial charge in [-0.15, -0.1) is 0 Å². The maximum absolute atomic E-state index is 15.4. The first-order valence-electron chi connectivity index (χ1n) is 15.1. The third-order valence-corrected chi connectivity index (χ3v) is 12.5. The molecule has 0 N–H and O–H groups in total. The minimum Gasteiger partial charge on any atom is -0.292 e. The molecule has 0 spiro atoms. The molecule has 4 nitrogen and oxygen atoms in total. The van der Waals surface area contributed by atoms with Crippen molar-refractivity contribution in [3.8, 4) is 0 Å². The molecule has 308 valence electrons. The van der Waals surface area contributed by atoms with Crippen LogP contribution in [0.5, 0.6) is 0 Å². The van der Waals surface area contributed by atoms with Gasteiger partial charge in [-0.25, -0.2) is 10.0 Å². The van der Waals surface area contributed by atoms with Crippen LogP contribution in [-0.2, 0) is 0 Å². The number of hydrogen-bond donors (Lipinski definition) is 0. The zero-order valence-corrected chi connectivity index (χ0v) is 25.2. The molecule has 3 saturated carbocycles. The number of alkyl halides is 24. The van der Waals surface area contributed by atoms with Crippen molar-refractivity contribution in [1.82, 2.24) is 15.0 Å². The third kappa shape index (κ3) is 4.09. The van der Waals surface area contributed by atoms with Gasteiger partial charge in [0.15, 0.2) is 5.41 Å². The maximum Gasteiger partial charge on any atom is 0.440 e. The average molecular weight is 840 g/mol. The van der Waals surface area contributed by atoms with Crippen molar-refractivity contribution in [2.75, 3.05) is 6.54 Å². The summed E-state index contributed by atoms with van der Waals surface area (Å²) < 4.78 is 356. The Hall–Kier alpha value is -2.55. The number of hydrogen-bond acceptors (Lipinski definition) is 4. The topological polar surface area (TPSA) is 22.1 Å². The van der Waals surface area contributed by atoms with Gasteiger partial charge in [-0.1, -0.05) is 12.2 Å². The van der Waals surface area contributed by atoms with Gasteiger partial charge < -0.3 is 0 Å². The first-order chi connectivity index (χ1) is 23.9. The molecule has 0 aromatic carbocycles. The Morgan fingerprint density at radius 2 is 0.870 bits per heavy atom. The van der Waals surface area contributed by atoms with Gasteiger partial charge in [-0.05, 0) is 24.2 Å². The molecule has 0 amide bonds. The quantitative estimate of drug-likeness (QED) is 0.150. The van der Waals surface area contributed by atoms with E-state index >= 15 is 79.0 Å². The average Bonchev–Trinajstić information content (AvgIpc) is 3.67. The standard InChI is InChI=1S/C26H16F24N4/c27-19(28,29)15(20(30,31)32)51-52-4-7-9-10-14(11(13(7)52)16(9,21(33,34)35)22(36,37)38)54-17(23(39,40)41,24(42,43)44)8-5-1-2-6(3-5)12(8)53(54)18(10,25(45,46)47)26(48,49)50/h1-2,5-14H,3-4H2/t5-,6+,7+,8+,9-,10-,11+,12-,13+,14-/m0/s1. The van der Waals surface area contributed by atoms with Crippen molar-refractivity contribution >= 4 is 5.71 Å². The molecule has 0 unspecified atom stereocenters. The summed E-state index contributed by atoms with van der Waals surface area (Å²) in [5.74, 6) is -24.3. The van der Waals surface area contributed by atoms with E-state index in [1.54, 1.807) is 0 Å². The Kier molecular flexibility index (Phi) is 7.43. The van der Waals surface area contributed by atoms with Crippen LogP contribution >= 0.6 is 0 Å². The highest BCUT2D eigenvalue weighted by atomic mass is 19.4. The summed E-state index contributed by atoms with van der Waals surface area (Å²) in [7, 11) is 0. The molecule has 3 aliphatic heterocycles. The molecule has 7 aliphatic rings. The second-order valence-corrected chi connectivity index (χ2v) is 14.3. The summed E-state index contributed by atoms with van der Waals surface area (Å²) in [6.07, 6.45) is -56.6. The summed E-state index contributed by atoms with van der Waals surface area (Å²) in [5, 5.41) is -2.16. The van der Waals surface area contributed by atoms with Gasteiger partial charge in [0.25, 0.3) is 0 Å². The molecule has 28 heteroatoms. The Morgan fingerprint density at radius 3 is 1.28 bits per heavy atom. The van der Waals surface area contributed by atoms with Crippen LogP contribution in [0.2, 0.25) is 0 Å². The first kappa shape index (κ1) is 39.7. The summed E-state index contributed by atoms with van der Waals surface area (Å²) >= 11 is 0. The molecular formula is C26H16F24N4. The van der Waals surface area contributed by atoms with Crippen molar-refractivity contribution in [3.05, 3.63) is 12.2 Å². The minimum absolute atomic E-state index is 0.548. The van der Waals surface area contributed by atoms with Crippen LogP contribution in [0.3, 0.4) is 0 Å². The highest BCUT2D eigenvalue weighted by Crippen LogP contribution is 2.85. The lowest BCUT2D eigenvalue weighted by Gasteiger charge is -2.55. The van der Waals surface area contributed by atoms with Crippen molar-refractivity contribution in [3.63, 3.8) is 0 Å². The lowest BCUT2D eigenvalue weighted by atomic mass is 9.61. The molecule has 10 atom stereocenters. The van der Waals surface area contributed by atoms with Gasteiger partial charge >= 0.3 is 49.4 Å². The zero-order valence-electron chi connectivity index (χ0n) is 25.2. The number of hydrazone groups is 1. The Morgan fingerprint density at radius 1 is 0.463 bits per heavy atom. The van der Waals surface area contributed by atoms with Crippen molar-refractivity contribution in [2.45, 2.75) is 85.0 Å². The first-order valence-corrected chi connectivity index (χ1v) is 15.1. The van der Waals surface area contributed by atoms with E-state index in [9.17, 15) is 26.3 Å². The molecule has 3 saturated heterocycles. The third-order valence-electron chi connectivity index (χ3n) is 12.5. The van der Waals surface area contributed by atoms with Gasteiger partial charge in [0.1, 0.15) is 0 Å². The van der Waals surface area contributed by atoms with Gasteiger partial charge in [0, 0.05) is 42.3 Å². The second kappa shape index (κ2) is 10.1. The second-order valence-electron chi connectivity index (χ2n) is 14.3. The number of nitrogens with zero attached hydrogens (tertiary/aromatic N) is 4. The SMILES string of the molecule is FC(F)(F)C(=NN1C[C@H]2[C@@H]1[C@@H]1[C@@H]3[C@H]([C@H]2C1(C(F)(F)F)C(F)(F)F)C(C(F)(F)F)(C(F)(F)F)N1[C@@H]2[C@@H]([C@H]4C=C[C@@H]2C4)C(C(F)(F)F)(C(F)(F)F)N31)C(F)(F)F. The van der Waals surface area contributed by atoms with Crippen molar-refractivity contribution in [1.29, 1.82) is 0 Å². The van der Waals surface area contributed by atoms with E-state index in [1.807, 2.05) is 5.10 Å². The van der Waals surface area contributed by atoms with E-state index in [4.69, 9.17) is 0 Å². The Bertz CT molecular complexity index is 1580. The molecular weight excluding hydrogens is 824 g/mol. The van der Waals surface area contributed by atoms with Crippen LogP contribution in [0.25, 0.3) is 0 Å². The molecule has 6 fully saturated rings. The van der Waals surface area contributed by atoms with Gasteiger partial charge in [-0.2, -0.15) is 110 Å². The molecule has 7 rings (SSSR count). The lowest BCUT2D eigenvalue weighted by Crippen LogP contribution is -2.74. The van der Waals surface area contributed by atoms with Crippen LogP contribution < -0.4 is 0 Å². The molecule has 0 radical (unpaired) electrons. The number of hydrazine groups is 1. The Balaban J connectivity index is 1.62.